The molecule has 8 nitrogen and oxygen atoms in total. The maximum atomic E-state index is 12.7. The molecular formula is C26H25N5O3. The minimum Gasteiger partial charge on any atom is -0.497 e. The van der Waals surface area contributed by atoms with Gasteiger partial charge in [0.2, 0.25) is 0 Å². The number of pyridine rings is 2. The van der Waals surface area contributed by atoms with Crippen molar-refractivity contribution in [1.82, 2.24) is 14.9 Å². The topological polar surface area (TPSA) is 99.3 Å². The number of benzene rings is 2. The van der Waals surface area contributed by atoms with Crippen molar-refractivity contribution >= 4 is 34.1 Å². The Morgan fingerprint density at radius 1 is 1.00 bits per heavy atom. The van der Waals surface area contributed by atoms with Crippen molar-refractivity contribution in [3.05, 3.63) is 77.2 Å². The van der Waals surface area contributed by atoms with E-state index in [1.165, 1.54) is 0 Å². The third-order valence-corrected chi connectivity index (χ3v) is 5.88. The van der Waals surface area contributed by atoms with E-state index in [1.54, 1.807) is 24.3 Å². The van der Waals surface area contributed by atoms with Gasteiger partial charge < -0.3 is 25.3 Å². The van der Waals surface area contributed by atoms with Gasteiger partial charge in [-0.3, -0.25) is 4.79 Å². The molecule has 3 heterocycles. The van der Waals surface area contributed by atoms with Crippen LogP contribution in [0, 0.1) is 0 Å². The largest absolute Gasteiger partial charge is 0.497 e. The number of fused-ring (bicyclic) bond motifs is 1. The monoisotopic (exact) mass is 455 g/mol. The van der Waals surface area contributed by atoms with Gasteiger partial charge in [-0.15, -0.1) is 0 Å². The third kappa shape index (κ3) is 4.56. The molecule has 172 valence electrons. The highest BCUT2D eigenvalue weighted by atomic mass is 16.5. The predicted octanol–water partition coefficient (Wildman–Crippen LogP) is 4.97. The van der Waals surface area contributed by atoms with Crippen LogP contribution in [0.3, 0.4) is 0 Å². The van der Waals surface area contributed by atoms with E-state index in [2.05, 4.69) is 20.6 Å². The Hall–Kier alpha value is -4.33. The van der Waals surface area contributed by atoms with Crippen molar-refractivity contribution in [3.63, 3.8) is 0 Å². The van der Waals surface area contributed by atoms with Gasteiger partial charge in [0, 0.05) is 41.6 Å². The number of carbonyl (C=O) groups is 1. The number of likely N-dealkylation sites (tertiary alicyclic amines) is 1. The van der Waals surface area contributed by atoms with Gasteiger partial charge in [-0.1, -0.05) is 18.2 Å². The summed E-state index contributed by atoms with van der Waals surface area (Å²) in [5.41, 5.74) is 3.86. The summed E-state index contributed by atoms with van der Waals surface area (Å²) in [6, 6.07) is 18.7. The van der Waals surface area contributed by atoms with E-state index < -0.39 is 0 Å². The molecule has 0 aliphatic carbocycles. The number of methoxy groups -OCH3 is 1. The lowest BCUT2D eigenvalue weighted by molar-refractivity contribution is 0.222. The second-order valence-electron chi connectivity index (χ2n) is 8.24. The van der Waals surface area contributed by atoms with Crippen LogP contribution in [-0.4, -0.2) is 41.1 Å². The number of H-pyrrole nitrogens is 1. The van der Waals surface area contributed by atoms with Gasteiger partial charge in [0.15, 0.2) is 0 Å². The maximum Gasteiger partial charge on any atom is 0.321 e. The van der Waals surface area contributed by atoms with Crippen LogP contribution in [0.2, 0.25) is 0 Å². The van der Waals surface area contributed by atoms with Crippen molar-refractivity contribution in [2.24, 2.45) is 0 Å². The molecule has 0 radical (unpaired) electrons. The summed E-state index contributed by atoms with van der Waals surface area (Å²) >= 11 is 0. The molecule has 0 bridgehead atoms. The first-order valence-corrected chi connectivity index (χ1v) is 11.2. The predicted molar refractivity (Wildman–Crippen MR) is 134 cm³/mol. The molecule has 3 N–H and O–H groups in total. The molecular weight excluding hydrogens is 430 g/mol. The van der Waals surface area contributed by atoms with Crippen molar-refractivity contribution in [2.45, 2.75) is 12.8 Å². The summed E-state index contributed by atoms with van der Waals surface area (Å²) in [7, 11) is 1.63. The minimum atomic E-state index is -0.277. The molecule has 0 spiro atoms. The minimum absolute atomic E-state index is 0.102. The van der Waals surface area contributed by atoms with Crippen molar-refractivity contribution in [1.29, 1.82) is 0 Å². The van der Waals surface area contributed by atoms with Crippen LogP contribution in [0.15, 0.2) is 71.7 Å². The molecule has 0 unspecified atom stereocenters. The molecule has 0 atom stereocenters. The van der Waals surface area contributed by atoms with E-state index in [4.69, 9.17) is 4.74 Å². The number of aromatic nitrogens is 2. The standard InChI is InChI=1S/C26H25N5O3/c1-34-22-9-4-6-17(13-22)19-12-18-14-23(25(32)30-24(18)27-16-19)28-20-7-5-8-21(15-20)29-26(33)31-10-2-3-11-31/h4-9,12-16,28H,2-3,10-11H2,1H3,(H,29,33)(H,27,30,32). The van der Waals surface area contributed by atoms with Crippen LogP contribution in [-0.2, 0) is 0 Å². The molecule has 2 aromatic carbocycles. The Morgan fingerprint density at radius 2 is 1.79 bits per heavy atom. The average Bonchev–Trinajstić information content (AvgIpc) is 3.40. The maximum absolute atomic E-state index is 12.7. The summed E-state index contributed by atoms with van der Waals surface area (Å²) < 4.78 is 5.32. The molecule has 1 saturated heterocycles. The van der Waals surface area contributed by atoms with Gasteiger partial charge in [0.05, 0.1) is 7.11 Å². The molecule has 5 rings (SSSR count). The van der Waals surface area contributed by atoms with E-state index in [-0.39, 0.29) is 11.6 Å². The first-order valence-electron chi connectivity index (χ1n) is 11.2. The van der Waals surface area contributed by atoms with Crippen LogP contribution in [0.25, 0.3) is 22.2 Å². The fourth-order valence-electron chi connectivity index (χ4n) is 4.10. The lowest BCUT2D eigenvalue weighted by atomic mass is 10.1. The molecule has 1 aliphatic heterocycles. The Kier molecular flexibility index (Phi) is 5.86. The molecule has 34 heavy (non-hydrogen) atoms. The normalized spacial score (nSPS) is 13.1. The highest BCUT2D eigenvalue weighted by Gasteiger charge is 2.17. The molecule has 0 saturated carbocycles. The zero-order valence-corrected chi connectivity index (χ0v) is 18.8. The van der Waals surface area contributed by atoms with Gasteiger partial charge in [-0.05, 0) is 60.9 Å². The van der Waals surface area contributed by atoms with E-state index >= 15 is 0 Å². The van der Waals surface area contributed by atoms with Crippen LogP contribution in [0.4, 0.5) is 21.9 Å². The van der Waals surface area contributed by atoms with E-state index in [0.717, 1.165) is 48.2 Å². The Labute approximate surface area is 196 Å². The van der Waals surface area contributed by atoms with Crippen LogP contribution < -0.4 is 20.9 Å². The summed E-state index contributed by atoms with van der Waals surface area (Å²) in [6.07, 6.45) is 3.80. The van der Waals surface area contributed by atoms with Gasteiger partial charge in [-0.25, -0.2) is 9.78 Å². The number of aromatic amines is 1. The smallest absolute Gasteiger partial charge is 0.321 e. The first kappa shape index (κ1) is 21.5. The number of rotatable bonds is 5. The number of nitrogens with one attached hydrogen (secondary N) is 3. The molecule has 2 aromatic heterocycles. The molecule has 4 aromatic rings. The highest BCUT2D eigenvalue weighted by Crippen LogP contribution is 2.26. The zero-order valence-electron chi connectivity index (χ0n) is 18.8. The van der Waals surface area contributed by atoms with Gasteiger partial charge in [-0.2, -0.15) is 0 Å². The van der Waals surface area contributed by atoms with Gasteiger partial charge >= 0.3 is 6.03 Å². The van der Waals surface area contributed by atoms with Crippen molar-refractivity contribution in [2.75, 3.05) is 30.8 Å². The van der Waals surface area contributed by atoms with Crippen LogP contribution in [0.5, 0.6) is 5.75 Å². The first-order chi connectivity index (χ1) is 16.6. The van der Waals surface area contributed by atoms with Crippen molar-refractivity contribution in [3.8, 4) is 16.9 Å². The number of urea groups is 1. The van der Waals surface area contributed by atoms with Crippen molar-refractivity contribution < 1.29 is 9.53 Å². The van der Waals surface area contributed by atoms with E-state index in [1.807, 2.05) is 54.6 Å². The molecule has 8 heteroatoms. The second kappa shape index (κ2) is 9.27. The highest BCUT2D eigenvalue weighted by molar-refractivity contribution is 5.90. The summed E-state index contributed by atoms with van der Waals surface area (Å²) in [5, 5.41) is 6.89. The third-order valence-electron chi connectivity index (χ3n) is 5.88. The fourth-order valence-corrected chi connectivity index (χ4v) is 4.10. The number of amides is 2. The summed E-state index contributed by atoms with van der Waals surface area (Å²) in [5.74, 6) is 0.762. The van der Waals surface area contributed by atoms with E-state index in [9.17, 15) is 9.59 Å². The number of ether oxygens (including phenoxy) is 1. The zero-order chi connectivity index (χ0) is 23.5. The Balaban J connectivity index is 1.40. The number of nitrogens with zero attached hydrogens (tertiary/aromatic N) is 2. The number of carbonyl (C=O) groups excluding carboxylic acids is 1. The molecule has 1 aliphatic rings. The molecule has 1 fully saturated rings. The Bertz CT molecular complexity index is 1410. The quantitative estimate of drug-likeness (QED) is 0.395. The number of hydrogen-bond acceptors (Lipinski definition) is 5. The lowest BCUT2D eigenvalue weighted by Gasteiger charge is -2.16. The number of hydrogen-bond donors (Lipinski definition) is 3. The van der Waals surface area contributed by atoms with Gasteiger partial charge in [0.1, 0.15) is 17.1 Å². The van der Waals surface area contributed by atoms with Gasteiger partial charge in [0.25, 0.3) is 5.56 Å². The SMILES string of the molecule is COc1cccc(-c2cnc3[nH]c(=O)c(Nc4cccc(NC(=O)N5CCCC5)c4)cc3c2)c1. The average molecular weight is 456 g/mol. The van der Waals surface area contributed by atoms with Crippen LogP contribution >= 0.6 is 0 Å². The Morgan fingerprint density at radius 3 is 2.62 bits per heavy atom. The second-order valence-corrected chi connectivity index (χ2v) is 8.24. The fraction of sp³-hybridized carbons (Fsp3) is 0.192. The van der Waals surface area contributed by atoms with E-state index in [0.29, 0.717) is 22.7 Å². The lowest BCUT2D eigenvalue weighted by Crippen LogP contribution is -2.32. The molecule has 2 amide bonds. The summed E-state index contributed by atoms with van der Waals surface area (Å²) in [6.45, 7) is 1.56. The van der Waals surface area contributed by atoms with Crippen LogP contribution in [0.1, 0.15) is 12.8 Å². The number of anilines is 3. The summed E-state index contributed by atoms with van der Waals surface area (Å²) in [4.78, 5) is 34.1.